The fourth-order valence-corrected chi connectivity index (χ4v) is 3.19. The molecule has 0 radical (unpaired) electrons. The van der Waals surface area contributed by atoms with E-state index in [1.165, 1.54) is 6.08 Å². The van der Waals surface area contributed by atoms with Gasteiger partial charge in [0, 0.05) is 39.2 Å². The third-order valence-corrected chi connectivity index (χ3v) is 4.53. The van der Waals surface area contributed by atoms with Crippen LogP contribution in [0.2, 0.25) is 5.02 Å². The lowest BCUT2D eigenvalue weighted by molar-refractivity contribution is -0.129. The molecule has 2 aromatic rings. The zero-order valence-corrected chi connectivity index (χ0v) is 15.2. The van der Waals surface area contributed by atoms with E-state index >= 15 is 0 Å². The molecule has 1 saturated heterocycles. The lowest BCUT2D eigenvalue weighted by Crippen LogP contribution is -2.48. The number of amides is 2. The lowest BCUT2D eigenvalue weighted by Gasteiger charge is -2.36. The molecule has 1 fully saturated rings. The number of nitrogens with one attached hydrogen (secondary N) is 1. The van der Waals surface area contributed by atoms with Crippen LogP contribution in [0.5, 0.6) is 0 Å². The zero-order valence-electron chi connectivity index (χ0n) is 14.4. The van der Waals surface area contributed by atoms with Crippen LogP contribution < -0.4 is 10.2 Å². The Hall–Kier alpha value is -2.73. The van der Waals surface area contributed by atoms with Gasteiger partial charge in [-0.25, -0.2) is 0 Å². The molecule has 0 bridgehead atoms. The summed E-state index contributed by atoms with van der Waals surface area (Å²) in [5, 5.41) is 3.43. The number of piperazine rings is 1. The number of benzene rings is 1. The number of furan rings is 1. The van der Waals surface area contributed by atoms with Gasteiger partial charge in [-0.2, -0.15) is 0 Å². The number of carbonyl (C=O) groups excluding carboxylic acids is 2. The van der Waals surface area contributed by atoms with E-state index in [1.54, 1.807) is 48.4 Å². The lowest BCUT2D eigenvalue weighted by atomic mass is 10.2. The second kappa shape index (κ2) is 8.10. The maximum absolute atomic E-state index is 12.2. The number of anilines is 2. The summed E-state index contributed by atoms with van der Waals surface area (Å²) in [6, 6.07) is 8.93. The van der Waals surface area contributed by atoms with Crippen molar-refractivity contribution in [1.29, 1.82) is 0 Å². The number of hydrogen-bond acceptors (Lipinski definition) is 4. The van der Waals surface area contributed by atoms with Gasteiger partial charge in [-0.3, -0.25) is 9.59 Å². The smallest absolute Gasteiger partial charge is 0.248 e. The summed E-state index contributed by atoms with van der Waals surface area (Å²) in [7, 11) is 0. The van der Waals surface area contributed by atoms with Crippen LogP contribution in [0.1, 0.15) is 12.7 Å². The molecule has 0 atom stereocenters. The van der Waals surface area contributed by atoms with E-state index in [1.807, 2.05) is 6.07 Å². The minimum Gasteiger partial charge on any atom is -0.465 e. The highest BCUT2D eigenvalue weighted by Crippen LogP contribution is 2.34. The highest BCUT2D eigenvalue weighted by Gasteiger charge is 2.22. The molecule has 136 valence electrons. The van der Waals surface area contributed by atoms with Gasteiger partial charge in [0.15, 0.2) is 0 Å². The van der Waals surface area contributed by atoms with Crippen LogP contribution in [-0.2, 0) is 9.59 Å². The average Bonchev–Trinajstić information content (AvgIpc) is 3.14. The van der Waals surface area contributed by atoms with Gasteiger partial charge >= 0.3 is 0 Å². The molecule has 0 spiro atoms. The molecule has 0 unspecified atom stereocenters. The van der Waals surface area contributed by atoms with Gasteiger partial charge in [0.1, 0.15) is 5.76 Å². The van der Waals surface area contributed by atoms with Crippen LogP contribution in [0, 0.1) is 0 Å². The maximum atomic E-state index is 12.2. The van der Waals surface area contributed by atoms with E-state index in [0.717, 1.165) is 5.69 Å². The average molecular weight is 374 g/mol. The Labute approximate surface area is 157 Å². The summed E-state index contributed by atoms with van der Waals surface area (Å²) >= 11 is 6.40. The van der Waals surface area contributed by atoms with Crippen LogP contribution in [-0.4, -0.2) is 42.9 Å². The molecule has 0 aliphatic carbocycles. The SMILES string of the molecule is CC(=O)N1CCN(c2c(Cl)cccc2NC(=O)/C=C/c2ccco2)CC1. The van der Waals surface area contributed by atoms with Crippen molar-refractivity contribution in [1.82, 2.24) is 4.90 Å². The Bertz CT molecular complexity index is 809. The Morgan fingerprint density at radius 3 is 2.58 bits per heavy atom. The van der Waals surface area contributed by atoms with Crippen LogP contribution >= 0.6 is 11.6 Å². The van der Waals surface area contributed by atoms with Crippen LogP contribution in [0.25, 0.3) is 6.08 Å². The summed E-state index contributed by atoms with van der Waals surface area (Å²) in [4.78, 5) is 27.6. The van der Waals surface area contributed by atoms with Gasteiger partial charge in [-0.15, -0.1) is 0 Å². The molecule has 7 heteroatoms. The van der Waals surface area contributed by atoms with Gasteiger partial charge in [0.05, 0.1) is 22.7 Å². The summed E-state index contributed by atoms with van der Waals surface area (Å²) in [6.07, 6.45) is 4.57. The second-order valence-electron chi connectivity index (χ2n) is 5.97. The van der Waals surface area contributed by atoms with E-state index in [2.05, 4.69) is 10.2 Å². The van der Waals surface area contributed by atoms with Crippen molar-refractivity contribution in [2.75, 3.05) is 36.4 Å². The van der Waals surface area contributed by atoms with Crippen molar-refractivity contribution in [3.8, 4) is 0 Å². The van der Waals surface area contributed by atoms with Gasteiger partial charge in [0.2, 0.25) is 11.8 Å². The minimum atomic E-state index is -0.271. The first kappa shape index (κ1) is 18.1. The van der Waals surface area contributed by atoms with Crippen molar-refractivity contribution in [3.63, 3.8) is 0 Å². The molecule has 6 nitrogen and oxygen atoms in total. The first-order valence-corrected chi connectivity index (χ1v) is 8.74. The molecular formula is C19H20ClN3O3. The van der Waals surface area contributed by atoms with Crippen LogP contribution in [0.4, 0.5) is 11.4 Å². The molecule has 0 saturated carbocycles. The first-order valence-electron chi connectivity index (χ1n) is 8.36. The zero-order chi connectivity index (χ0) is 18.5. The predicted octanol–water partition coefficient (Wildman–Crippen LogP) is 3.25. The van der Waals surface area contributed by atoms with Gasteiger partial charge < -0.3 is 19.5 Å². The van der Waals surface area contributed by atoms with E-state index in [9.17, 15) is 9.59 Å². The van der Waals surface area contributed by atoms with E-state index in [-0.39, 0.29) is 11.8 Å². The number of halogens is 1. The number of nitrogens with zero attached hydrogens (tertiary/aromatic N) is 2. The molecule has 1 N–H and O–H groups in total. The molecule has 1 aliphatic heterocycles. The number of carbonyl (C=O) groups is 2. The number of rotatable bonds is 4. The van der Waals surface area contributed by atoms with Crippen LogP contribution in [0.3, 0.4) is 0 Å². The largest absolute Gasteiger partial charge is 0.465 e. The van der Waals surface area contributed by atoms with Gasteiger partial charge in [-0.1, -0.05) is 17.7 Å². The van der Waals surface area contributed by atoms with Crippen molar-refractivity contribution >= 4 is 40.9 Å². The Morgan fingerprint density at radius 1 is 1.15 bits per heavy atom. The summed E-state index contributed by atoms with van der Waals surface area (Å²) in [5.74, 6) is 0.402. The summed E-state index contributed by atoms with van der Waals surface area (Å²) in [6.45, 7) is 4.16. The maximum Gasteiger partial charge on any atom is 0.248 e. The highest BCUT2D eigenvalue weighted by molar-refractivity contribution is 6.34. The van der Waals surface area contributed by atoms with Crippen molar-refractivity contribution < 1.29 is 14.0 Å². The topological polar surface area (TPSA) is 65.8 Å². The standard InChI is InChI=1S/C19H20ClN3O3/c1-14(24)22-9-11-23(12-10-22)19-16(20)5-2-6-17(19)21-18(25)8-7-15-4-3-13-26-15/h2-8,13H,9-12H2,1H3,(H,21,25)/b8-7+. The second-order valence-corrected chi connectivity index (χ2v) is 6.37. The van der Waals surface area contributed by atoms with Gasteiger partial charge in [0.25, 0.3) is 0 Å². The third-order valence-electron chi connectivity index (χ3n) is 4.23. The normalized spacial score (nSPS) is 14.7. The van der Waals surface area contributed by atoms with E-state index in [4.69, 9.17) is 16.0 Å². The molecule has 1 aromatic carbocycles. The van der Waals surface area contributed by atoms with Crippen molar-refractivity contribution in [3.05, 3.63) is 53.5 Å². The molecule has 2 heterocycles. The van der Waals surface area contributed by atoms with Crippen LogP contribution in [0.15, 0.2) is 47.1 Å². The molecule has 1 aromatic heterocycles. The molecule has 3 rings (SSSR count). The summed E-state index contributed by atoms with van der Waals surface area (Å²) in [5.41, 5.74) is 1.42. The van der Waals surface area contributed by atoms with Crippen molar-refractivity contribution in [2.45, 2.75) is 6.92 Å². The Balaban J connectivity index is 1.73. The number of hydrogen-bond donors (Lipinski definition) is 1. The first-order chi connectivity index (χ1) is 12.5. The Morgan fingerprint density at radius 2 is 1.92 bits per heavy atom. The monoisotopic (exact) mass is 373 g/mol. The Kier molecular flexibility index (Phi) is 5.63. The predicted molar refractivity (Wildman–Crippen MR) is 102 cm³/mol. The van der Waals surface area contributed by atoms with E-state index < -0.39 is 0 Å². The van der Waals surface area contributed by atoms with Crippen molar-refractivity contribution in [2.24, 2.45) is 0 Å². The van der Waals surface area contributed by atoms with Gasteiger partial charge in [-0.05, 0) is 30.3 Å². The number of para-hydroxylation sites is 1. The summed E-state index contributed by atoms with van der Waals surface area (Å²) < 4.78 is 5.17. The fourth-order valence-electron chi connectivity index (χ4n) is 2.90. The third kappa shape index (κ3) is 4.26. The minimum absolute atomic E-state index is 0.0698. The molecule has 1 aliphatic rings. The highest BCUT2D eigenvalue weighted by atomic mass is 35.5. The molecular weight excluding hydrogens is 354 g/mol. The quantitative estimate of drug-likeness (QED) is 0.835. The van der Waals surface area contributed by atoms with E-state index in [0.29, 0.717) is 42.6 Å². The molecule has 2 amide bonds. The molecule has 26 heavy (non-hydrogen) atoms. The fraction of sp³-hybridized carbons (Fsp3) is 0.263.